The Labute approximate surface area is 98.8 Å². The summed E-state index contributed by atoms with van der Waals surface area (Å²) in [5.74, 6) is -0.902. The summed E-state index contributed by atoms with van der Waals surface area (Å²) in [6.07, 6.45) is 0.247. The molecular weight excluding hydrogens is 224 g/mol. The summed E-state index contributed by atoms with van der Waals surface area (Å²) in [7, 11) is 0. The Kier molecular flexibility index (Phi) is 3.51. The summed E-state index contributed by atoms with van der Waals surface area (Å²) in [6, 6.07) is 8.26. The SMILES string of the molecule is C[C@@H](OCC1Cc2ccccc2S1)C(=O)O. The van der Waals surface area contributed by atoms with Gasteiger partial charge in [0.05, 0.1) is 6.61 Å². The number of ether oxygens (including phenoxy) is 1. The monoisotopic (exact) mass is 238 g/mol. The molecule has 0 saturated carbocycles. The molecule has 1 unspecified atom stereocenters. The molecule has 0 fully saturated rings. The van der Waals surface area contributed by atoms with Crippen LogP contribution in [-0.4, -0.2) is 29.0 Å². The van der Waals surface area contributed by atoms with Crippen molar-refractivity contribution in [2.24, 2.45) is 0 Å². The molecule has 0 aromatic heterocycles. The Bertz CT molecular complexity index is 367. The fourth-order valence-electron chi connectivity index (χ4n) is 1.67. The number of hydrogen-bond acceptors (Lipinski definition) is 3. The molecule has 1 aliphatic heterocycles. The highest BCUT2D eigenvalue weighted by Crippen LogP contribution is 2.36. The van der Waals surface area contributed by atoms with Crippen molar-refractivity contribution in [1.82, 2.24) is 0 Å². The number of carbonyl (C=O) groups is 1. The van der Waals surface area contributed by atoms with Gasteiger partial charge in [-0.1, -0.05) is 18.2 Å². The first-order valence-electron chi connectivity index (χ1n) is 5.26. The predicted molar refractivity (Wildman–Crippen MR) is 62.8 cm³/mol. The van der Waals surface area contributed by atoms with Crippen molar-refractivity contribution in [3.8, 4) is 0 Å². The molecule has 0 aliphatic carbocycles. The van der Waals surface area contributed by atoms with Crippen LogP contribution in [0.15, 0.2) is 29.2 Å². The molecule has 1 N–H and O–H groups in total. The van der Waals surface area contributed by atoms with E-state index in [0.29, 0.717) is 11.9 Å². The predicted octanol–water partition coefficient (Wildman–Crippen LogP) is 2.19. The Balaban J connectivity index is 1.86. The smallest absolute Gasteiger partial charge is 0.332 e. The lowest BCUT2D eigenvalue weighted by Gasteiger charge is -2.12. The van der Waals surface area contributed by atoms with Crippen molar-refractivity contribution >= 4 is 17.7 Å². The van der Waals surface area contributed by atoms with E-state index in [0.717, 1.165) is 6.42 Å². The molecule has 4 heteroatoms. The van der Waals surface area contributed by atoms with Crippen LogP contribution in [0.2, 0.25) is 0 Å². The van der Waals surface area contributed by atoms with Crippen LogP contribution in [0, 0.1) is 0 Å². The van der Waals surface area contributed by atoms with Crippen molar-refractivity contribution in [3.63, 3.8) is 0 Å². The molecule has 2 atom stereocenters. The van der Waals surface area contributed by atoms with Crippen molar-refractivity contribution < 1.29 is 14.6 Å². The summed E-state index contributed by atoms with van der Waals surface area (Å²) in [4.78, 5) is 11.9. The second-order valence-electron chi connectivity index (χ2n) is 3.87. The lowest BCUT2D eigenvalue weighted by atomic mass is 10.1. The summed E-state index contributed by atoms with van der Waals surface area (Å²) in [5.41, 5.74) is 1.34. The number of aliphatic carboxylic acids is 1. The summed E-state index contributed by atoms with van der Waals surface area (Å²) in [5, 5.41) is 9.04. The molecule has 0 radical (unpaired) electrons. The van der Waals surface area contributed by atoms with Gasteiger partial charge in [0.1, 0.15) is 0 Å². The van der Waals surface area contributed by atoms with Crippen LogP contribution in [0.1, 0.15) is 12.5 Å². The van der Waals surface area contributed by atoms with Gasteiger partial charge in [-0.3, -0.25) is 0 Å². The lowest BCUT2D eigenvalue weighted by molar-refractivity contribution is -0.149. The van der Waals surface area contributed by atoms with Gasteiger partial charge in [-0.2, -0.15) is 0 Å². The highest BCUT2D eigenvalue weighted by molar-refractivity contribution is 8.00. The molecule has 3 nitrogen and oxygen atoms in total. The summed E-state index contributed by atoms with van der Waals surface area (Å²) >= 11 is 1.77. The number of thioether (sulfide) groups is 1. The maximum Gasteiger partial charge on any atom is 0.332 e. The fraction of sp³-hybridized carbons (Fsp3) is 0.417. The second-order valence-corrected chi connectivity index (χ2v) is 5.21. The average molecular weight is 238 g/mol. The normalized spacial score (nSPS) is 20.4. The van der Waals surface area contributed by atoms with E-state index >= 15 is 0 Å². The largest absolute Gasteiger partial charge is 0.479 e. The zero-order valence-corrected chi connectivity index (χ0v) is 9.87. The Morgan fingerprint density at radius 1 is 1.62 bits per heavy atom. The standard InChI is InChI=1S/C12H14O3S/c1-8(12(13)14)15-7-10-6-9-4-2-3-5-11(9)16-10/h2-5,8,10H,6-7H2,1H3,(H,13,14)/t8-,10?/m1/s1. The van der Waals surface area contributed by atoms with Gasteiger partial charge in [0, 0.05) is 10.1 Å². The molecule has 0 saturated heterocycles. The third-order valence-electron chi connectivity index (χ3n) is 2.59. The Morgan fingerprint density at radius 3 is 3.06 bits per heavy atom. The molecule has 86 valence electrons. The van der Waals surface area contributed by atoms with Gasteiger partial charge < -0.3 is 9.84 Å². The topological polar surface area (TPSA) is 46.5 Å². The van der Waals surface area contributed by atoms with Crippen molar-refractivity contribution in [1.29, 1.82) is 0 Å². The van der Waals surface area contributed by atoms with Gasteiger partial charge in [-0.05, 0) is 25.0 Å². The molecule has 1 aromatic carbocycles. The van der Waals surface area contributed by atoms with Crippen LogP contribution in [0.25, 0.3) is 0 Å². The molecule has 0 amide bonds. The molecule has 2 rings (SSSR count). The highest BCUT2D eigenvalue weighted by Gasteiger charge is 2.23. The average Bonchev–Trinajstić information content (AvgIpc) is 2.68. The van der Waals surface area contributed by atoms with E-state index in [2.05, 4.69) is 12.1 Å². The van der Waals surface area contributed by atoms with Crippen molar-refractivity contribution in [2.45, 2.75) is 29.6 Å². The highest BCUT2D eigenvalue weighted by atomic mass is 32.2. The lowest BCUT2D eigenvalue weighted by Crippen LogP contribution is -2.24. The van der Waals surface area contributed by atoms with Crippen molar-refractivity contribution in [2.75, 3.05) is 6.61 Å². The van der Waals surface area contributed by atoms with E-state index in [1.165, 1.54) is 10.5 Å². The Hall–Kier alpha value is -1.00. The minimum atomic E-state index is -0.902. The van der Waals surface area contributed by atoms with Gasteiger partial charge in [-0.15, -0.1) is 11.8 Å². The van der Waals surface area contributed by atoms with E-state index in [1.54, 1.807) is 18.7 Å². The van der Waals surface area contributed by atoms with Gasteiger partial charge in [0.25, 0.3) is 0 Å². The minimum Gasteiger partial charge on any atom is -0.479 e. The van der Waals surface area contributed by atoms with Gasteiger partial charge >= 0.3 is 5.97 Å². The molecular formula is C12H14O3S. The zero-order valence-electron chi connectivity index (χ0n) is 9.05. The number of hydrogen-bond donors (Lipinski definition) is 1. The molecule has 16 heavy (non-hydrogen) atoms. The first kappa shape index (κ1) is 11.5. The van der Waals surface area contributed by atoms with Gasteiger partial charge in [0.15, 0.2) is 6.10 Å². The third-order valence-corrected chi connectivity index (χ3v) is 3.88. The number of carboxylic acid groups (broad SMARTS) is 1. The van der Waals surface area contributed by atoms with Crippen LogP contribution in [-0.2, 0) is 16.0 Å². The fourth-order valence-corrected chi connectivity index (χ4v) is 2.90. The molecule has 1 aromatic rings. The summed E-state index contributed by atoms with van der Waals surface area (Å²) in [6.45, 7) is 2.06. The van der Waals surface area contributed by atoms with E-state index in [4.69, 9.17) is 9.84 Å². The molecule has 0 bridgehead atoms. The molecule has 1 heterocycles. The number of benzene rings is 1. The maximum atomic E-state index is 10.6. The van der Waals surface area contributed by atoms with Crippen LogP contribution in [0.5, 0.6) is 0 Å². The first-order chi connectivity index (χ1) is 7.66. The maximum absolute atomic E-state index is 10.6. The van der Waals surface area contributed by atoms with Crippen molar-refractivity contribution in [3.05, 3.63) is 29.8 Å². The van der Waals surface area contributed by atoms with E-state index in [9.17, 15) is 4.79 Å². The van der Waals surface area contributed by atoms with Crippen LogP contribution in [0.4, 0.5) is 0 Å². The second kappa shape index (κ2) is 4.89. The van der Waals surface area contributed by atoms with Crippen LogP contribution >= 0.6 is 11.8 Å². The summed E-state index contributed by atoms with van der Waals surface area (Å²) < 4.78 is 5.30. The number of carboxylic acids is 1. The van der Waals surface area contributed by atoms with Gasteiger partial charge in [0.2, 0.25) is 0 Å². The van der Waals surface area contributed by atoms with E-state index in [1.807, 2.05) is 12.1 Å². The Morgan fingerprint density at radius 2 is 2.38 bits per heavy atom. The quantitative estimate of drug-likeness (QED) is 0.873. The van der Waals surface area contributed by atoms with E-state index < -0.39 is 12.1 Å². The molecule has 1 aliphatic rings. The van der Waals surface area contributed by atoms with Crippen LogP contribution < -0.4 is 0 Å². The van der Waals surface area contributed by atoms with Crippen LogP contribution in [0.3, 0.4) is 0 Å². The van der Waals surface area contributed by atoms with Gasteiger partial charge in [-0.25, -0.2) is 4.79 Å². The zero-order chi connectivity index (χ0) is 11.5. The number of rotatable bonds is 4. The minimum absolute atomic E-state index is 0.346. The number of fused-ring (bicyclic) bond motifs is 1. The first-order valence-corrected chi connectivity index (χ1v) is 6.14. The third kappa shape index (κ3) is 2.57. The van der Waals surface area contributed by atoms with E-state index in [-0.39, 0.29) is 0 Å². The molecule has 0 spiro atoms.